The third-order valence-corrected chi connectivity index (χ3v) is 1.40. The zero-order chi connectivity index (χ0) is 9.40. The molecule has 3 nitrogen and oxygen atoms in total. The average Bonchev–Trinajstić information content (AvgIpc) is 2.14. The Labute approximate surface area is 75.1 Å². The Bertz CT molecular complexity index is 111. The molecular weight excluding hydrogens is 152 g/mol. The van der Waals surface area contributed by atoms with Crippen LogP contribution in [0.1, 0.15) is 25.7 Å². The highest BCUT2D eigenvalue weighted by Gasteiger charge is 2.03. The predicted octanol–water partition coefficient (Wildman–Crippen LogP) is 0.854. The first-order valence-electron chi connectivity index (χ1n) is 4.50. The van der Waals surface area contributed by atoms with Crippen molar-refractivity contribution in [2.24, 2.45) is 0 Å². The summed E-state index contributed by atoms with van der Waals surface area (Å²) in [4.78, 5) is 12.6. The van der Waals surface area contributed by atoms with Crippen molar-refractivity contribution in [2.75, 3.05) is 27.7 Å². The number of carbonyl (C=O) groups excluding carboxylic acids is 1. The van der Waals surface area contributed by atoms with Gasteiger partial charge >= 0.3 is 0 Å². The topological polar surface area (TPSA) is 32.3 Å². The van der Waals surface area contributed by atoms with Crippen molar-refractivity contribution in [3.63, 3.8) is 0 Å². The Balaban J connectivity index is 0.000000261. The van der Waals surface area contributed by atoms with E-state index in [0.717, 1.165) is 25.8 Å². The van der Waals surface area contributed by atoms with Gasteiger partial charge in [0.25, 0.3) is 0 Å². The second kappa shape index (κ2) is 7.10. The van der Waals surface area contributed by atoms with Crippen molar-refractivity contribution in [3.8, 4) is 0 Å². The molecule has 1 amide bonds. The highest BCUT2D eigenvalue weighted by molar-refractivity contribution is 5.75. The van der Waals surface area contributed by atoms with Gasteiger partial charge < -0.3 is 10.2 Å². The molecule has 1 rings (SSSR count). The van der Waals surface area contributed by atoms with E-state index in [2.05, 4.69) is 5.32 Å². The summed E-state index contributed by atoms with van der Waals surface area (Å²) in [6.45, 7) is 0.888. The molecule has 0 saturated carbocycles. The minimum atomic E-state index is 0.225. The Kier molecular flexibility index (Phi) is 6.76. The Morgan fingerprint density at radius 1 is 1.17 bits per heavy atom. The van der Waals surface area contributed by atoms with Crippen molar-refractivity contribution in [1.82, 2.24) is 10.2 Å². The minimum Gasteiger partial charge on any atom is -0.356 e. The lowest BCUT2D eigenvalue weighted by Crippen LogP contribution is -2.21. The summed E-state index contributed by atoms with van der Waals surface area (Å²) in [5.74, 6) is 0.225. The van der Waals surface area contributed by atoms with E-state index in [-0.39, 0.29) is 5.91 Å². The van der Waals surface area contributed by atoms with Gasteiger partial charge in [-0.05, 0) is 34.0 Å². The second-order valence-corrected chi connectivity index (χ2v) is 3.50. The molecular formula is C9H20N2O. The van der Waals surface area contributed by atoms with Gasteiger partial charge in [-0.15, -0.1) is 0 Å². The summed E-state index contributed by atoms with van der Waals surface area (Å²) in [7, 11) is 6.00. The molecule has 12 heavy (non-hydrogen) atoms. The Morgan fingerprint density at radius 2 is 1.75 bits per heavy atom. The lowest BCUT2D eigenvalue weighted by atomic mass is 10.2. The standard InChI is InChI=1S/C6H11NO.C3H9N/c8-6-4-2-1-3-5-7-6;1-4(2)3/h1-5H2,(H,7,8);1-3H3. The van der Waals surface area contributed by atoms with E-state index in [4.69, 9.17) is 0 Å². The van der Waals surface area contributed by atoms with Gasteiger partial charge in [-0.2, -0.15) is 0 Å². The van der Waals surface area contributed by atoms with E-state index in [1.54, 1.807) is 0 Å². The van der Waals surface area contributed by atoms with Crippen molar-refractivity contribution in [3.05, 3.63) is 0 Å². The first kappa shape index (κ1) is 11.4. The number of hydrogen-bond donors (Lipinski definition) is 1. The molecule has 1 N–H and O–H groups in total. The van der Waals surface area contributed by atoms with Gasteiger partial charge in [0.15, 0.2) is 0 Å². The average molecular weight is 172 g/mol. The molecule has 0 bridgehead atoms. The van der Waals surface area contributed by atoms with Gasteiger partial charge in [0.2, 0.25) is 5.91 Å². The second-order valence-electron chi connectivity index (χ2n) is 3.50. The lowest BCUT2D eigenvalue weighted by Gasteiger charge is -1.93. The van der Waals surface area contributed by atoms with Crippen LogP contribution in [0.15, 0.2) is 0 Å². The molecule has 1 heterocycles. The van der Waals surface area contributed by atoms with E-state index >= 15 is 0 Å². The summed E-state index contributed by atoms with van der Waals surface area (Å²) in [6.07, 6.45) is 4.18. The van der Waals surface area contributed by atoms with Crippen LogP contribution in [0.4, 0.5) is 0 Å². The first-order chi connectivity index (χ1) is 5.63. The number of hydrogen-bond acceptors (Lipinski definition) is 2. The van der Waals surface area contributed by atoms with Crippen LogP contribution in [0.2, 0.25) is 0 Å². The van der Waals surface area contributed by atoms with Gasteiger partial charge in [0.1, 0.15) is 0 Å². The lowest BCUT2D eigenvalue weighted by molar-refractivity contribution is -0.120. The quantitative estimate of drug-likeness (QED) is 0.587. The molecule has 1 fully saturated rings. The Morgan fingerprint density at radius 3 is 2.33 bits per heavy atom. The monoisotopic (exact) mass is 172 g/mol. The number of amides is 1. The summed E-state index contributed by atoms with van der Waals surface area (Å²) in [6, 6.07) is 0. The number of carbonyl (C=O) groups is 1. The molecule has 1 saturated heterocycles. The van der Waals surface area contributed by atoms with Crippen LogP contribution in [0, 0.1) is 0 Å². The van der Waals surface area contributed by atoms with Crippen molar-refractivity contribution in [2.45, 2.75) is 25.7 Å². The van der Waals surface area contributed by atoms with Crippen molar-refractivity contribution < 1.29 is 4.79 Å². The molecule has 1 aliphatic rings. The predicted molar refractivity (Wildman–Crippen MR) is 51.1 cm³/mol. The molecule has 0 aromatic heterocycles. The summed E-state index contributed by atoms with van der Waals surface area (Å²) in [5, 5.41) is 2.81. The third-order valence-electron chi connectivity index (χ3n) is 1.40. The van der Waals surface area contributed by atoms with Crippen LogP contribution in [-0.4, -0.2) is 38.5 Å². The maximum Gasteiger partial charge on any atom is 0.219 e. The molecule has 0 atom stereocenters. The maximum absolute atomic E-state index is 10.6. The molecule has 3 heteroatoms. The molecule has 0 spiro atoms. The number of rotatable bonds is 0. The van der Waals surface area contributed by atoms with E-state index in [1.807, 2.05) is 26.0 Å². The highest BCUT2D eigenvalue weighted by atomic mass is 16.1. The first-order valence-corrected chi connectivity index (χ1v) is 4.50. The molecule has 72 valence electrons. The van der Waals surface area contributed by atoms with Gasteiger partial charge in [-0.25, -0.2) is 0 Å². The summed E-state index contributed by atoms with van der Waals surface area (Å²) < 4.78 is 0. The smallest absolute Gasteiger partial charge is 0.219 e. The minimum absolute atomic E-state index is 0.225. The zero-order valence-electron chi connectivity index (χ0n) is 8.39. The van der Waals surface area contributed by atoms with Gasteiger partial charge in [-0.1, -0.05) is 6.42 Å². The van der Waals surface area contributed by atoms with Crippen molar-refractivity contribution in [1.29, 1.82) is 0 Å². The highest BCUT2D eigenvalue weighted by Crippen LogP contribution is 2.02. The zero-order valence-corrected chi connectivity index (χ0v) is 8.39. The van der Waals surface area contributed by atoms with Crippen LogP contribution in [0.5, 0.6) is 0 Å². The van der Waals surface area contributed by atoms with Crippen molar-refractivity contribution >= 4 is 5.91 Å². The Hall–Kier alpha value is -0.570. The largest absolute Gasteiger partial charge is 0.356 e. The van der Waals surface area contributed by atoms with E-state index in [1.165, 1.54) is 6.42 Å². The molecule has 0 aliphatic carbocycles. The molecule has 0 unspecified atom stereocenters. The fourth-order valence-corrected chi connectivity index (χ4v) is 0.904. The third kappa shape index (κ3) is 9.43. The van der Waals surface area contributed by atoms with Crippen LogP contribution in [-0.2, 0) is 4.79 Å². The van der Waals surface area contributed by atoms with Crippen LogP contribution in [0.3, 0.4) is 0 Å². The maximum atomic E-state index is 10.6. The summed E-state index contributed by atoms with van der Waals surface area (Å²) >= 11 is 0. The fourth-order valence-electron chi connectivity index (χ4n) is 0.904. The van der Waals surface area contributed by atoms with Gasteiger partial charge in [0, 0.05) is 13.0 Å². The number of nitrogens with one attached hydrogen (secondary N) is 1. The van der Waals surface area contributed by atoms with Gasteiger partial charge in [0.05, 0.1) is 0 Å². The SMILES string of the molecule is CN(C)C.O=C1CCCCCN1. The molecule has 1 aliphatic heterocycles. The van der Waals surface area contributed by atoms with E-state index in [0.29, 0.717) is 0 Å². The van der Waals surface area contributed by atoms with Gasteiger partial charge in [-0.3, -0.25) is 4.79 Å². The van der Waals surface area contributed by atoms with E-state index < -0.39 is 0 Å². The molecule has 0 aromatic rings. The normalized spacial score (nSPS) is 17.5. The van der Waals surface area contributed by atoms with E-state index in [9.17, 15) is 4.79 Å². The fraction of sp³-hybridized carbons (Fsp3) is 0.889. The van der Waals surface area contributed by atoms with Crippen LogP contribution in [0.25, 0.3) is 0 Å². The molecule has 0 aromatic carbocycles. The van der Waals surface area contributed by atoms with Crippen LogP contribution < -0.4 is 5.32 Å². The summed E-state index contributed by atoms with van der Waals surface area (Å²) in [5.41, 5.74) is 0. The molecule has 0 radical (unpaired) electrons. The van der Waals surface area contributed by atoms with Crippen LogP contribution >= 0.6 is 0 Å². The number of nitrogens with zero attached hydrogens (tertiary/aromatic N) is 1.